The first-order valence-corrected chi connectivity index (χ1v) is 11.2. The van der Waals surface area contributed by atoms with Crippen LogP contribution in [-0.4, -0.2) is 74.0 Å². The van der Waals surface area contributed by atoms with Crippen molar-refractivity contribution in [1.82, 2.24) is 30.0 Å². The number of aromatic nitrogens is 4. The Morgan fingerprint density at radius 3 is 2.62 bits per heavy atom. The van der Waals surface area contributed by atoms with Crippen molar-refractivity contribution >= 4 is 11.8 Å². The minimum absolute atomic E-state index is 0.620. The smallest absolute Gasteiger partial charge is 0.209 e. The maximum absolute atomic E-state index is 4.15. The van der Waals surface area contributed by atoms with E-state index in [0.29, 0.717) is 11.3 Å². The first-order valence-electron chi connectivity index (χ1n) is 10.3. The molecule has 6 nitrogen and oxygen atoms in total. The van der Waals surface area contributed by atoms with Gasteiger partial charge in [0.15, 0.2) is 0 Å². The largest absolute Gasteiger partial charge is 0.303 e. The van der Waals surface area contributed by atoms with Crippen LogP contribution in [0.2, 0.25) is 0 Å². The molecule has 2 unspecified atom stereocenters. The molecule has 6 atom stereocenters. The number of likely N-dealkylation sites (tertiary alicyclic amines) is 2. The lowest BCUT2D eigenvalue weighted by Crippen LogP contribution is -2.47. The minimum Gasteiger partial charge on any atom is -0.303 e. The van der Waals surface area contributed by atoms with Crippen LogP contribution in [-0.2, 0) is 7.05 Å². The Morgan fingerprint density at radius 2 is 1.85 bits per heavy atom. The highest BCUT2D eigenvalue weighted by Gasteiger charge is 2.38. The second-order valence-electron chi connectivity index (χ2n) is 9.09. The zero-order chi connectivity index (χ0) is 18.3. The van der Waals surface area contributed by atoms with Gasteiger partial charge in [0.05, 0.1) is 0 Å². The first kappa shape index (κ1) is 18.7. The van der Waals surface area contributed by atoms with Gasteiger partial charge in [-0.1, -0.05) is 11.8 Å². The van der Waals surface area contributed by atoms with Gasteiger partial charge in [-0.05, 0) is 81.2 Å². The van der Waals surface area contributed by atoms with Crippen molar-refractivity contribution < 1.29 is 0 Å². The molecule has 0 spiro atoms. The van der Waals surface area contributed by atoms with E-state index in [1.54, 1.807) is 4.68 Å². The van der Waals surface area contributed by atoms with Crippen LogP contribution in [0, 0.1) is 17.8 Å². The zero-order valence-electron chi connectivity index (χ0n) is 16.7. The molecule has 1 aromatic heterocycles. The molecule has 0 bridgehead atoms. The molecule has 7 heteroatoms. The summed E-state index contributed by atoms with van der Waals surface area (Å²) >= 11 is 1.85. The summed E-state index contributed by atoms with van der Waals surface area (Å²) < 4.78 is 1.79. The number of piperidine rings is 1. The molecule has 0 amide bonds. The SMILES string of the molecule is CC1CC(Sc2nnnn2C)CN1C[C@H]1CC[C@H]2CN(C)[C@H](C)C[C@H]2C1. The molecule has 146 valence electrons. The Morgan fingerprint density at radius 1 is 1.00 bits per heavy atom. The Labute approximate surface area is 162 Å². The summed E-state index contributed by atoms with van der Waals surface area (Å²) in [6, 6.07) is 1.45. The molecule has 0 N–H and O–H groups in total. The second kappa shape index (κ2) is 7.76. The average Bonchev–Trinajstić information content (AvgIpc) is 3.15. The van der Waals surface area contributed by atoms with Crippen molar-refractivity contribution in [3.05, 3.63) is 0 Å². The van der Waals surface area contributed by atoms with Gasteiger partial charge in [0.25, 0.3) is 0 Å². The molecule has 1 aliphatic carbocycles. The van der Waals surface area contributed by atoms with E-state index in [-0.39, 0.29) is 0 Å². The molecule has 0 radical (unpaired) electrons. The lowest BCUT2D eigenvalue weighted by atomic mass is 9.69. The molecule has 0 aromatic carbocycles. The highest BCUT2D eigenvalue weighted by atomic mass is 32.2. The standard InChI is InChI=1S/C19H34N6S/c1-13-7-17-9-15(5-6-16(17)11-23(13)3)10-25-12-18(8-14(25)2)26-19-20-21-22-24(19)4/h13-18H,5-12H2,1-4H3/t13-,14?,15+,16+,17+,18?/m1/s1. The van der Waals surface area contributed by atoms with Gasteiger partial charge in [0.1, 0.15) is 0 Å². The molecule has 2 saturated heterocycles. The Bertz CT molecular complexity index is 607. The second-order valence-corrected chi connectivity index (χ2v) is 10.4. The van der Waals surface area contributed by atoms with Crippen LogP contribution in [0.1, 0.15) is 46.0 Å². The Balaban J connectivity index is 1.30. The number of tetrazole rings is 1. The van der Waals surface area contributed by atoms with E-state index >= 15 is 0 Å². The topological polar surface area (TPSA) is 50.1 Å². The van der Waals surface area contributed by atoms with Gasteiger partial charge in [-0.15, -0.1) is 5.10 Å². The summed E-state index contributed by atoms with van der Waals surface area (Å²) in [4.78, 5) is 5.32. The fourth-order valence-corrected chi connectivity index (χ4v) is 6.69. The summed E-state index contributed by atoms with van der Waals surface area (Å²) in [6.45, 7) is 8.61. The average molecular weight is 379 g/mol. The third-order valence-electron chi connectivity index (χ3n) is 7.18. The van der Waals surface area contributed by atoms with Gasteiger partial charge in [-0.2, -0.15) is 0 Å². The molecule has 3 heterocycles. The van der Waals surface area contributed by atoms with Crippen molar-refractivity contribution in [2.75, 3.05) is 26.7 Å². The monoisotopic (exact) mass is 378 g/mol. The van der Waals surface area contributed by atoms with Gasteiger partial charge in [0, 0.05) is 44.0 Å². The van der Waals surface area contributed by atoms with Crippen LogP contribution >= 0.6 is 11.8 Å². The Hall–Kier alpha value is -0.660. The molecule has 4 rings (SSSR count). The van der Waals surface area contributed by atoms with Crippen LogP contribution < -0.4 is 0 Å². The van der Waals surface area contributed by atoms with E-state index < -0.39 is 0 Å². The molecule has 26 heavy (non-hydrogen) atoms. The number of nitrogens with zero attached hydrogens (tertiary/aromatic N) is 6. The summed E-state index contributed by atoms with van der Waals surface area (Å²) in [5.74, 6) is 2.82. The van der Waals surface area contributed by atoms with Crippen molar-refractivity contribution in [3.63, 3.8) is 0 Å². The summed E-state index contributed by atoms with van der Waals surface area (Å²) in [5.41, 5.74) is 0. The fourth-order valence-electron chi connectivity index (χ4n) is 5.47. The van der Waals surface area contributed by atoms with Gasteiger partial charge in [0.2, 0.25) is 5.16 Å². The number of thioether (sulfide) groups is 1. The summed E-state index contributed by atoms with van der Waals surface area (Å²) in [5, 5.41) is 13.4. The summed E-state index contributed by atoms with van der Waals surface area (Å²) in [7, 11) is 4.24. The molecular weight excluding hydrogens is 344 g/mol. The number of rotatable bonds is 4. The zero-order valence-corrected chi connectivity index (χ0v) is 17.5. The first-order chi connectivity index (χ1) is 12.5. The molecule has 1 aromatic rings. The molecule has 2 aliphatic heterocycles. The fraction of sp³-hybridized carbons (Fsp3) is 0.947. The van der Waals surface area contributed by atoms with Gasteiger partial charge in [-0.3, -0.25) is 4.90 Å². The third-order valence-corrected chi connectivity index (χ3v) is 8.41. The van der Waals surface area contributed by atoms with Crippen LogP contribution in [0.15, 0.2) is 5.16 Å². The lowest BCUT2D eigenvalue weighted by Gasteiger charge is -2.46. The maximum atomic E-state index is 4.15. The summed E-state index contributed by atoms with van der Waals surface area (Å²) in [6.07, 6.45) is 6.98. The van der Waals surface area contributed by atoms with E-state index in [1.165, 1.54) is 51.7 Å². The number of aryl methyl sites for hydroxylation is 1. The highest BCUT2D eigenvalue weighted by molar-refractivity contribution is 7.99. The molecular formula is C19H34N6S. The maximum Gasteiger partial charge on any atom is 0.209 e. The van der Waals surface area contributed by atoms with Gasteiger partial charge >= 0.3 is 0 Å². The van der Waals surface area contributed by atoms with Crippen LogP contribution in [0.3, 0.4) is 0 Å². The van der Waals surface area contributed by atoms with E-state index in [4.69, 9.17) is 0 Å². The van der Waals surface area contributed by atoms with Gasteiger partial charge in [-0.25, -0.2) is 4.68 Å². The molecule has 3 aliphatic rings. The van der Waals surface area contributed by atoms with E-state index in [9.17, 15) is 0 Å². The number of hydrogen-bond donors (Lipinski definition) is 0. The lowest BCUT2D eigenvalue weighted by molar-refractivity contribution is 0.0369. The molecule has 1 saturated carbocycles. The third kappa shape index (κ3) is 3.94. The number of hydrogen-bond acceptors (Lipinski definition) is 6. The van der Waals surface area contributed by atoms with Crippen LogP contribution in [0.25, 0.3) is 0 Å². The quantitative estimate of drug-likeness (QED) is 0.802. The van der Waals surface area contributed by atoms with E-state index in [2.05, 4.69) is 46.2 Å². The van der Waals surface area contributed by atoms with Crippen molar-refractivity contribution in [3.8, 4) is 0 Å². The van der Waals surface area contributed by atoms with Crippen LogP contribution in [0.4, 0.5) is 0 Å². The van der Waals surface area contributed by atoms with E-state index in [0.717, 1.165) is 29.0 Å². The predicted octanol–water partition coefficient (Wildman–Crippen LogP) is 2.52. The van der Waals surface area contributed by atoms with Gasteiger partial charge < -0.3 is 4.90 Å². The minimum atomic E-state index is 0.620. The van der Waals surface area contributed by atoms with Crippen molar-refractivity contribution in [2.24, 2.45) is 24.8 Å². The highest BCUT2D eigenvalue weighted by Crippen LogP contribution is 2.41. The predicted molar refractivity (Wildman–Crippen MR) is 105 cm³/mol. The van der Waals surface area contributed by atoms with E-state index in [1.807, 2.05) is 18.8 Å². The Kier molecular flexibility index (Phi) is 5.58. The normalized spacial score (nSPS) is 39.2. The number of fused-ring (bicyclic) bond motifs is 1. The molecule has 3 fully saturated rings. The van der Waals surface area contributed by atoms with Crippen LogP contribution in [0.5, 0.6) is 0 Å². The van der Waals surface area contributed by atoms with Crippen molar-refractivity contribution in [1.29, 1.82) is 0 Å². The van der Waals surface area contributed by atoms with Crippen molar-refractivity contribution in [2.45, 2.75) is 68.4 Å².